The average molecular weight is 631 g/mol. The molecule has 0 aliphatic heterocycles. The molecule has 2 aliphatic rings. The molecule has 0 radical (unpaired) electrons. The van der Waals surface area contributed by atoms with Crippen LogP contribution in [0, 0.1) is 11.7 Å². The van der Waals surface area contributed by atoms with Crippen molar-refractivity contribution in [2.45, 2.75) is 103 Å². The number of hydrogen-bond donors (Lipinski definition) is 4. The monoisotopic (exact) mass is 630 g/mol. The molecule has 2 saturated carbocycles. The van der Waals surface area contributed by atoms with Crippen molar-refractivity contribution in [2.75, 3.05) is 25.0 Å². The van der Waals surface area contributed by atoms with Gasteiger partial charge in [0.05, 0.1) is 12.4 Å². The zero-order valence-electron chi connectivity index (χ0n) is 26.8. The first-order chi connectivity index (χ1) is 21.4. The Bertz CT molecular complexity index is 1320. The number of rotatable bonds is 14. The van der Waals surface area contributed by atoms with Crippen molar-refractivity contribution in [3.05, 3.63) is 23.9 Å². The Morgan fingerprint density at radius 1 is 1.04 bits per heavy atom. The summed E-state index contributed by atoms with van der Waals surface area (Å²) in [5.74, 6) is 0.0961. The number of aryl methyl sites for hydroxylation is 1. The number of unbranched alkanes of at least 4 members (excludes halogenated alkanes) is 2. The topological polar surface area (TPSA) is 164 Å². The third kappa shape index (κ3) is 10.6. The van der Waals surface area contributed by atoms with E-state index in [2.05, 4.69) is 31.0 Å². The van der Waals surface area contributed by atoms with E-state index in [4.69, 9.17) is 4.74 Å². The zero-order chi connectivity index (χ0) is 32.6. The van der Waals surface area contributed by atoms with Gasteiger partial charge in [-0.2, -0.15) is 5.10 Å². The van der Waals surface area contributed by atoms with Crippen LogP contribution in [0.25, 0.3) is 11.3 Å². The number of carbonyl (C=O) groups is 3. The third-order valence-corrected chi connectivity index (χ3v) is 8.11. The van der Waals surface area contributed by atoms with E-state index in [1.54, 1.807) is 31.6 Å². The molecule has 248 valence electrons. The first-order valence-electron chi connectivity index (χ1n) is 15.9. The molecule has 2 aromatic heterocycles. The van der Waals surface area contributed by atoms with Crippen molar-refractivity contribution in [1.29, 1.82) is 0 Å². The minimum Gasteiger partial charge on any atom is -0.465 e. The SMILES string of the molecule is Cn1ncc(-c2nc(NC3CCC(N(CC(=O)NCCCCCNC(=O)OC(C)(C)C)C(=O)O)CC3)ncc2F)c1CC1CC1. The van der Waals surface area contributed by atoms with E-state index < -0.39 is 23.6 Å². The number of alkyl carbamates (subject to hydrolysis) is 1. The molecule has 13 nitrogen and oxygen atoms in total. The smallest absolute Gasteiger partial charge is 0.408 e. The van der Waals surface area contributed by atoms with Gasteiger partial charge in [0.25, 0.3) is 0 Å². The van der Waals surface area contributed by atoms with Gasteiger partial charge < -0.3 is 25.8 Å². The predicted octanol–water partition coefficient (Wildman–Crippen LogP) is 4.48. The normalized spacial score (nSPS) is 18.2. The van der Waals surface area contributed by atoms with E-state index >= 15 is 0 Å². The number of amides is 3. The second-order valence-corrected chi connectivity index (χ2v) is 13.1. The van der Waals surface area contributed by atoms with Crippen LogP contribution >= 0.6 is 0 Å². The van der Waals surface area contributed by atoms with Crippen molar-refractivity contribution in [2.24, 2.45) is 13.0 Å². The molecule has 2 fully saturated rings. The summed E-state index contributed by atoms with van der Waals surface area (Å²) in [6, 6.07) is -0.288. The minimum absolute atomic E-state index is 0.00586. The van der Waals surface area contributed by atoms with Crippen LogP contribution in [0.2, 0.25) is 0 Å². The van der Waals surface area contributed by atoms with Crippen LogP contribution in [0.4, 0.5) is 19.9 Å². The fraction of sp³-hybridized carbons (Fsp3) is 0.677. The Hall–Kier alpha value is -3.97. The second kappa shape index (κ2) is 15.3. The second-order valence-electron chi connectivity index (χ2n) is 13.1. The summed E-state index contributed by atoms with van der Waals surface area (Å²) in [6.45, 7) is 6.09. The summed E-state index contributed by atoms with van der Waals surface area (Å²) in [5, 5.41) is 23.0. The van der Waals surface area contributed by atoms with Crippen LogP contribution < -0.4 is 16.0 Å². The van der Waals surface area contributed by atoms with Crippen LogP contribution in [-0.2, 0) is 23.0 Å². The lowest BCUT2D eigenvalue weighted by molar-refractivity contribution is -0.122. The molecule has 0 spiro atoms. The maximum atomic E-state index is 14.8. The molecule has 2 aromatic rings. The Morgan fingerprint density at radius 3 is 2.38 bits per heavy atom. The average Bonchev–Trinajstić information content (AvgIpc) is 3.73. The maximum absolute atomic E-state index is 14.8. The summed E-state index contributed by atoms with van der Waals surface area (Å²) in [5.41, 5.74) is 1.33. The summed E-state index contributed by atoms with van der Waals surface area (Å²) in [6.07, 6.45) is 9.14. The molecule has 0 saturated heterocycles. The van der Waals surface area contributed by atoms with Gasteiger partial charge in [-0.3, -0.25) is 14.4 Å². The molecule has 3 amide bonds. The lowest BCUT2D eigenvalue weighted by Crippen LogP contribution is -2.48. The lowest BCUT2D eigenvalue weighted by Gasteiger charge is -2.35. The van der Waals surface area contributed by atoms with Gasteiger partial charge in [-0.25, -0.2) is 23.9 Å². The molecule has 0 atom stereocenters. The van der Waals surface area contributed by atoms with Crippen LogP contribution in [0.15, 0.2) is 12.4 Å². The number of halogens is 1. The number of nitrogens with zero attached hydrogens (tertiary/aromatic N) is 5. The number of hydrogen-bond acceptors (Lipinski definition) is 8. The van der Waals surface area contributed by atoms with Gasteiger partial charge in [-0.1, -0.05) is 0 Å². The first kappa shape index (κ1) is 33.9. The highest BCUT2D eigenvalue weighted by Crippen LogP contribution is 2.36. The number of ether oxygens (including phenoxy) is 1. The molecule has 45 heavy (non-hydrogen) atoms. The maximum Gasteiger partial charge on any atom is 0.408 e. The van der Waals surface area contributed by atoms with Crippen molar-refractivity contribution < 1.29 is 28.6 Å². The van der Waals surface area contributed by atoms with Crippen LogP contribution in [0.3, 0.4) is 0 Å². The summed E-state index contributed by atoms with van der Waals surface area (Å²) >= 11 is 0. The summed E-state index contributed by atoms with van der Waals surface area (Å²) in [7, 11) is 1.86. The van der Waals surface area contributed by atoms with Gasteiger partial charge in [0.15, 0.2) is 5.82 Å². The zero-order valence-corrected chi connectivity index (χ0v) is 26.8. The predicted molar refractivity (Wildman–Crippen MR) is 166 cm³/mol. The Labute approximate surface area is 263 Å². The number of nitrogens with one attached hydrogen (secondary N) is 3. The largest absolute Gasteiger partial charge is 0.465 e. The fourth-order valence-electron chi connectivity index (χ4n) is 5.56. The molecule has 2 aliphatic carbocycles. The third-order valence-electron chi connectivity index (χ3n) is 8.11. The molecular formula is C31H47FN8O5. The van der Waals surface area contributed by atoms with E-state index in [1.807, 2.05) is 7.05 Å². The summed E-state index contributed by atoms with van der Waals surface area (Å²) < 4.78 is 21.8. The molecular weight excluding hydrogens is 583 g/mol. The van der Waals surface area contributed by atoms with Gasteiger partial charge in [-0.15, -0.1) is 0 Å². The van der Waals surface area contributed by atoms with Crippen molar-refractivity contribution >= 4 is 24.0 Å². The van der Waals surface area contributed by atoms with Gasteiger partial charge in [-0.05, 0) is 90.9 Å². The summed E-state index contributed by atoms with van der Waals surface area (Å²) in [4.78, 5) is 46.1. The highest BCUT2D eigenvalue weighted by molar-refractivity contribution is 5.81. The van der Waals surface area contributed by atoms with E-state index in [0.29, 0.717) is 62.6 Å². The van der Waals surface area contributed by atoms with E-state index in [0.717, 1.165) is 25.0 Å². The number of carbonyl (C=O) groups excluding carboxylic acids is 2. The van der Waals surface area contributed by atoms with Gasteiger partial charge in [0.1, 0.15) is 17.8 Å². The number of aromatic nitrogens is 4. The van der Waals surface area contributed by atoms with Crippen LogP contribution in [0.1, 0.15) is 84.3 Å². The standard InChI is InChI=1S/C31H47FN8O5/c1-31(2,3)45-29(42)34-15-7-5-6-14-33-26(41)19-40(30(43)44)22-12-10-21(11-13-22)37-28-35-18-24(32)27(38-28)23-17-36-39(4)25(23)16-20-8-9-20/h17-18,20-22H,5-16,19H2,1-4H3,(H,33,41)(H,34,42)(H,43,44)(H,35,37,38). The molecule has 0 unspecified atom stereocenters. The highest BCUT2D eigenvalue weighted by atomic mass is 19.1. The number of carboxylic acid groups (broad SMARTS) is 1. The van der Waals surface area contributed by atoms with Gasteiger partial charge >= 0.3 is 12.2 Å². The van der Waals surface area contributed by atoms with E-state index in [-0.39, 0.29) is 30.2 Å². The van der Waals surface area contributed by atoms with Crippen LogP contribution in [-0.4, -0.2) is 85.2 Å². The van der Waals surface area contributed by atoms with Crippen molar-refractivity contribution in [3.63, 3.8) is 0 Å². The van der Waals surface area contributed by atoms with Crippen molar-refractivity contribution in [1.82, 2.24) is 35.3 Å². The van der Waals surface area contributed by atoms with E-state index in [1.165, 1.54) is 23.9 Å². The Morgan fingerprint density at radius 2 is 1.73 bits per heavy atom. The molecule has 0 bridgehead atoms. The molecule has 2 heterocycles. The number of anilines is 1. The molecule has 4 N–H and O–H groups in total. The molecule has 0 aromatic carbocycles. The Kier molecular flexibility index (Phi) is 11.6. The van der Waals surface area contributed by atoms with Gasteiger partial charge in [0.2, 0.25) is 11.9 Å². The quantitative estimate of drug-likeness (QED) is 0.220. The first-order valence-corrected chi connectivity index (χ1v) is 15.9. The molecule has 14 heteroatoms. The highest BCUT2D eigenvalue weighted by Gasteiger charge is 2.31. The minimum atomic E-state index is -1.13. The van der Waals surface area contributed by atoms with E-state index in [9.17, 15) is 23.9 Å². The van der Waals surface area contributed by atoms with Crippen LogP contribution in [0.5, 0.6) is 0 Å². The van der Waals surface area contributed by atoms with Crippen molar-refractivity contribution in [3.8, 4) is 11.3 Å². The van der Waals surface area contributed by atoms with Gasteiger partial charge in [0, 0.05) is 43.5 Å². The fourth-order valence-corrected chi connectivity index (χ4v) is 5.56. The Balaban J connectivity index is 1.19. The lowest BCUT2D eigenvalue weighted by atomic mass is 9.90. The molecule has 4 rings (SSSR count).